The molecule has 3 aromatic rings. The van der Waals surface area contributed by atoms with Gasteiger partial charge in [-0.15, -0.1) is 0 Å². The van der Waals surface area contributed by atoms with Gasteiger partial charge in [-0.05, 0) is 67.1 Å². The monoisotopic (exact) mass is 419 g/mol. The van der Waals surface area contributed by atoms with Crippen molar-refractivity contribution in [3.8, 4) is 28.0 Å². The Bertz CT molecular complexity index is 958. The minimum Gasteiger partial charge on any atom is -0.495 e. The Labute approximate surface area is 187 Å². The van der Waals surface area contributed by atoms with Gasteiger partial charge in [-0.2, -0.15) is 0 Å². The maximum absolute atomic E-state index is 6.03. The highest BCUT2D eigenvalue weighted by Gasteiger charge is 2.32. The molecule has 0 aliphatic heterocycles. The summed E-state index contributed by atoms with van der Waals surface area (Å²) in [5.41, 5.74) is 7.41. The molecule has 0 N–H and O–H groups in total. The fourth-order valence-electron chi connectivity index (χ4n) is 4.11. The fraction of sp³-hybridized carbons (Fsp3) is 0.357. The Morgan fingerprint density at radius 3 is 2.03 bits per heavy atom. The molecular weight excluding hydrogens is 384 g/mol. The van der Waals surface area contributed by atoms with Crippen LogP contribution in [0.2, 0.25) is 0 Å². The first-order valence-corrected chi connectivity index (χ1v) is 11.7. The molecule has 0 amide bonds. The highest BCUT2D eigenvalue weighted by molar-refractivity contribution is 7.60. The number of benzene rings is 3. The summed E-state index contributed by atoms with van der Waals surface area (Å²) in [6.45, 7) is 6.73. The number of hydrogen-bond donors (Lipinski definition) is 0. The summed E-state index contributed by atoms with van der Waals surface area (Å²) >= 11 is 4.12. The Hall–Kier alpha value is -2.19. The van der Waals surface area contributed by atoms with Crippen molar-refractivity contribution in [2.24, 2.45) is 0 Å². The van der Waals surface area contributed by atoms with E-state index in [0.717, 1.165) is 36.1 Å². The molecule has 0 fully saturated rings. The molecule has 0 aromatic heterocycles. The van der Waals surface area contributed by atoms with Crippen LogP contribution in [0.4, 0.5) is 0 Å². The van der Waals surface area contributed by atoms with Crippen LogP contribution >= 0.6 is 0 Å². The van der Waals surface area contributed by atoms with Gasteiger partial charge in [0.2, 0.25) is 0 Å². The second-order valence-electron chi connectivity index (χ2n) is 8.06. The molecule has 30 heavy (non-hydrogen) atoms. The molecule has 1 nitrogen and oxygen atoms in total. The van der Waals surface area contributed by atoms with E-state index in [1.807, 2.05) is 0 Å². The van der Waals surface area contributed by atoms with E-state index in [9.17, 15) is 0 Å². The standard InChI is InChI=1S/C28H34OS/c1-5-8-13-21-14-12-17-23(18-21)26-20-24(28(30,6-2)7-3)19-25(27(26)29-4)22-15-10-9-11-16-22/h9-12,14-20,30H,5-8,13H2,1-4H3/p+1. The van der Waals surface area contributed by atoms with Crippen LogP contribution in [0.25, 0.3) is 22.3 Å². The number of unbranched alkanes of at least 4 members (excludes halogenated alkanes) is 1. The highest BCUT2D eigenvalue weighted by atomic mass is 32.1. The summed E-state index contributed by atoms with van der Waals surface area (Å²) in [6.07, 6.45) is 5.59. The van der Waals surface area contributed by atoms with Gasteiger partial charge in [-0.25, -0.2) is 0 Å². The molecule has 0 spiro atoms. The van der Waals surface area contributed by atoms with E-state index in [4.69, 9.17) is 4.74 Å². The molecule has 158 valence electrons. The van der Waals surface area contributed by atoms with Crippen LogP contribution < -0.4 is 4.74 Å². The zero-order valence-electron chi connectivity index (χ0n) is 18.8. The minimum absolute atomic E-state index is 0.0512. The second kappa shape index (κ2) is 10.2. The zero-order chi connectivity index (χ0) is 21.6. The normalized spacial score (nSPS) is 11.5. The van der Waals surface area contributed by atoms with Crippen molar-refractivity contribution in [1.29, 1.82) is 0 Å². The first-order chi connectivity index (χ1) is 14.6. The lowest BCUT2D eigenvalue weighted by Gasteiger charge is -2.24. The smallest absolute Gasteiger partial charge is 0.148 e. The molecule has 0 saturated heterocycles. The van der Waals surface area contributed by atoms with E-state index >= 15 is 0 Å². The molecule has 0 unspecified atom stereocenters. The van der Waals surface area contributed by atoms with Gasteiger partial charge in [0.25, 0.3) is 0 Å². The SMILES string of the molecule is CCCCc1cccc(-c2cc(C([SH2+])(CC)CC)cc(-c3ccccc3)c2OC)c1. The predicted octanol–water partition coefficient (Wildman–Crippen LogP) is 7.40. The van der Waals surface area contributed by atoms with Crippen LogP contribution in [0.15, 0.2) is 66.7 Å². The Balaban J connectivity index is 2.26. The predicted molar refractivity (Wildman–Crippen MR) is 135 cm³/mol. The maximum Gasteiger partial charge on any atom is 0.148 e. The van der Waals surface area contributed by atoms with E-state index in [-0.39, 0.29) is 4.75 Å². The number of rotatable bonds is 9. The quantitative estimate of drug-likeness (QED) is 0.328. The molecule has 0 aliphatic rings. The summed E-state index contributed by atoms with van der Waals surface area (Å²) in [4.78, 5) is 0. The lowest BCUT2D eigenvalue weighted by Crippen LogP contribution is -2.21. The van der Waals surface area contributed by atoms with Crippen molar-refractivity contribution < 1.29 is 4.74 Å². The zero-order valence-corrected chi connectivity index (χ0v) is 19.8. The molecule has 2 heteroatoms. The van der Waals surface area contributed by atoms with Gasteiger partial charge < -0.3 is 4.74 Å². The molecule has 3 aromatic carbocycles. The first-order valence-electron chi connectivity index (χ1n) is 11.2. The third-order valence-electron chi connectivity index (χ3n) is 6.19. The van der Waals surface area contributed by atoms with Crippen LogP contribution in [0.3, 0.4) is 0 Å². The molecular formula is C28H35OS+. The number of methoxy groups -OCH3 is 1. The molecule has 0 atom stereocenters. The van der Waals surface area contributed by atoms with Crippen LogP contribution in [-0.2, 0) is 23.8 Å². The number of hydrogen-bond acceptors (Lipinski definition) is 1. The van der Waals surface area contributed by atoms with E-state index in [2.05, 4.69) is 100 Å². The van der Waals surface area contributed by atoms with Crippen LogP contribution in [0.1, 0.15) is 57.6 Å². The van der Waals surface area contributed by atoms with E-state index in [1.54, 1.807) is 7.11 Å². The summed E-state index contributed by atoms with van der Waals surface area (Å²) in [5.74, 6) is 0.943. The number of aryl methyl sites for hydroxylation is 1. The Morgan fingerprint density at radius 1 is 0.800 bits per heavy atom. The summed E-state index contributed by atoms with van der Waals surface area (Å²) in [6, 6.07) is 24.1. The third-order valence-corrected chi connectivity index (χ3v) is 7.19. The largest absolute Gasteiger partial charge is 0.495 e. The minimum atomic E-state index is -0.0512. The average Bonchev–Trinajstić information content (AvgIpc) is 2.82. The van der Waals surface area contributed by atoms with Gasteiger partial charge in [-0.1, -0.05) is 81.8 Å². The van der Waals surface area contributed by atoms with E-state index in [1.165, 1.54) is 35.1 Å². The summed E-state index contributed by atoms with van der Waals surface area (Å²) in [7, 11) is 1.78. The molecule has 3 rings (SSSR count). The van der Waals surface area contributed by atoms with Crippen molar-refractivity contribution >= 4 is 12.6 Å². The lowest BCUT2D eigenvalue weighted by atomic mass is 9.86. The Morgan fingerprint density at radius 2 is 1.43 bits per heavy atom. The van der Waals surface area contributed by atoms with Crippen LogP contribution in [0, 0.1) is 0 Å². The maximum atomic E-state index is 6.03. The van der Waals surface area contributed by atoms with Crippen LogP contribution in [0.5, 0.6) is 5.75 Å². The average molecular weight is 420 g/mol. The second-order valence-corrected chi connectivity index (χ2v) is 9.02. The van der Waals surface area contributed by atoms with Crippen molar-refractivity contribution in [2.45, 2.75) is 57.6 Å². The van der Waals surface area contributed by atoms with Gasteiger partial charge in [-0.3, -0.25) is 0 Å². The molecule has 0 aliphatic carbocycles. The topological polar surface area (TPSA) is 9.23 Å². The molecule has 0 heterocycles. The first kappa shape index (κ1) is 22.5. The fourth-order valence-corrected chi connectivity index (χ4v) is 4.25. The number of ether oxygens (including phenoxy) is 1. The third kappa shape index (κ3) is 4.75. The van der Waals surface area contributed by atoms with Gasteiger partial charge in [0.05, 0.1) is 7.11 Å². The molecule has 0 radical (unpaired) electrons. The van der Waals surface area contributed by atoms with Gasteiger partial charge >= 0.3 is 0 Å². The van der Waals surface area contributed by atoms with E-state index < -0.39 is 0 Å². The van der Waals surface area contributed by atoms with Crippen molar-refractivity contribution in [3.63, 3.8) is 0 Å². The van der Waals surface area contributed by atoms with Crippen molar-refractivity contribution in [2.75, 3.05) is 7.11 Å². The summed E-state index contributed by atoms with van der Waals surface area (Å²) in [5, 5.41) is 0. The van der Waals surface area contributed by atoms with Gasteiger partial charge in [0, 0.05) is 16.7 Å². The van der Waals surface area contributed by atoms with E-state index in [0.29, 0.717) is 0 Å². The Kier molecular flexibility index (Phi) is 7.66. The lowest BCUT2D eigenvalue weighted by molar-refractivity contribution is 0.417. The van der Waals surface area contributed by atoms with Crippen LogP contribution in [-0.4, -0.2) is 7.11 Å². The van der Waals surface area contributed by atoms with Gasteiger partial charge in [0.15, 0.2) is 0 Å². The van der Waals surface area contributed by atoms with Crippen molar-refractivity contribution in [3.05, 3.63) is 77.9 Å². The van der Waals surface area contributed by atoms with Gasteiger partial charge in [0.1, 0.15) is 10.5 Å². The summed E-state index contributed by atoms with van der Waals surface area (Å²) < 4.78 is 5.97. The molecule has 0 bridgehead atoms. The highest BCUT2D eigenvalue weighted by Crippen LogP contribution is 2.44. The van der Waals surface area contributed by atoms with Crippen molar-refractivity contribution in [1.82, 2.24) is 0 Å². The molecule has 0 saturated carbocycles.